The number of piperazine rings is 1. The molecule has 1 aliphatic rings. The first-order valence-corrected chi connectivity index (χ1v) is 5.92. The average Bonchev–Trinajstić information content (AvgIpc) is 2.73. The van der Waals surface area contributed by atoms with E-state index in [-0.39, 0.29) is 0 Å². The summed E-state index contributed by atoms with van der Waals surface area (Å²) in [4.78, 5) is 2.48. The molecule has 5 heteroatoms. The molecule has 1 fully saturated rings. The number of hydrogen-bond acceptors (Lipinski definition) is 4. The fourth-order valence-electron chi connectivity index (χ4n) is 2.20. The molecule has 5 nitrogen and oxygen atoms in total. The second-order valence-electron chi connectivity index (χ2n) is 4.40. The number of nitrogens with zero attached hydrogens (tertiary/aromatic N) is 3. The van der Waals surface area contributed by atoms with Gasteiger partial charge >= 0.3 is 0 Å². The van der Waals surface area contributed by atoms with Gasteiger partial charge < -0.3 is 11.1 Å². The molecule has 16 heavy (non-hydrogen) atoms. The maximum Gasteiger partial charge on any atom is 0.0522 e. The van der Waals surface area contributed by atoms with Gasteiger partial charge in [-0.05, 0) is 12.0 Å². The second-order valence-corrected chi connectivity index (χ2v) is 4.40. The van der Waals surface area contributed by atoms with Crippen LogP contribution in [-0.2, 0) is 13.5 Å². The van der Waals surface area contributed by atoms with E-state index >= 15 is 0 Å². The second kappa shape index (κ2) is 5.43. The number of nitrogens with one attached hydrogen (secondary N) is 1. The highest BCUT2D eigenvalue weighted by Gasteiger charge is 2.20. The Bertz CT molecular complexity index is 322. The number of aryl methyl sites for hydroxylation is 1. The summed E-state index contributed by atoms with van der Waals surface area (Å²) in [5, 5.41) is 7.56. The molecule has 1 unspecified atom stereocenters. The minimum atomic E-state index is 0.491. The molecular weight excluding hydrogens is 202 g/mol. The Morgan fingerprint density at radius 3 is 3.19 bits per heavy atom. The van der Waals surface area contributed by atoms with Crippen LogP contribution in [0.25, 0.3) is 0 Å². The van der Waals surface area contributed by atoms with Crippen LogP contribution in [0.2, 0.25) is 0 Å². The molecule has 90 valence electrons. The molecule has 0 amide bonds. The molecule has 0 spiro atoms. The Morgan fingerprint density at radius 1 is 1.62 bits per heavy atom. The molecule has 0 bridgehead atoms. The molecular formula is C11H21N5. The zero-order valence-corrected chi connectivity index (χ0v) is 9.89. The Hall–Kier alpha value is -0.910. The van der Waals surface area contributed by atoms with Crippen molar-refractivity contribution in [3.8, 4) is 0 Å². The van der Waals surface area contributed by atoms with Crippen LogP contribution in [0.5, 0.6) is 0 Å². The number of rotatable bonds is 4. The van der Waals surface area contributed by atoms with Crippen molar-refractivity contribution >= 4 is 0 Å². The first kappa shape index (κ1) is 11.6. The first-order valence-electron chi connectivity index (χ1n) is 5.92. The minimum Gasteiger partial charge on any atom is -0.329 e. The van der Waals surface area contributed by atoms with E-state index in [1.807, 2.05) is 17.9 Å². The molecule has 1 aromatic heterocycles. The van der Waals surface area contributed by atoms with Crippen molar-refractivity contribution < 1.29 is 0 Å². The van der Waals surface area contributed by atoms with Crippen molar-refractivity contribution in [2.45, 2.75) is 12.5 Å². The topological polar surface area (TPSA) is 59.1 Å². The highest BCUT2D eigenvalue weighted by molar-refractivity contribution is 5.04. The van der Waals surface area contributed by atoms with Gasteiger partial charge in [-0.3, -0.25) is 9.58 Å². The highest BCUT2D eigenvalue weighted by Crippen LogP contribution is 2.05. The van der Waals surface area contributed by atoms with E-state index in [2.05, 4.69) is 21.5 Å². The number of aromatic nitrogens is 2. The third-order valence-corrected chi connectivity index (χ3v) is 3.19. The summed E-state index contributed by atoms with van der Waals surface area (Å²) in [5.41, 5.74) is 7.07. The standard InChI is InChI=1S/C11H21N5/c1-15-9-10(7-14-15)2-4-16-5-3-13-8-11(16)6-12/h7,9,11,13H,2-6,8,12H2,1H3. The van der Waals surface area contributed by atoms with E-state index in [0.29, 0.717) is 6.04 Å². The van der Waals surface area contributed by atoms with E-state index < -0.39 is 0 Å². The summed E-state index contributed by atoms with van der Waals surface area (Å²) in [6, 6.07) is 0.491. The lowest BCUT2D eigenvalue weighted by molar-refractivity contribution is 0.168. The fourth-order valence-corrected chi connectivity index (χ4v) is 2.20. The molecule has 1 aromatic rings. The van der Waals surface area contributed by atoms with Crippen LogP contribution in [0.4, 0.5) is 0 Å². The summed E-state index contributed by atoms with van der Waals surface area (Å²) in [5.74, 6) is 0. The molecule has 1 saturated heterocycles. The lowest BCUT2D eigenvalue weighted by Gasteiger charge is -2.35. The predicted octanol–water partition coefficient (Wildman–Crippen LogP) is -0.805. The van der Waals surface area contributed by atoms with E-state index in [1.54, 1.807) is 0 Å². The Kier molecular flexibility index (Phi) is 3.93. The maximum atomic E-state index is 5.77. The van der Waals surface area contributed by atoms with Crippen molar-refractivity contribution in [2.24, 2.45) is 12.8 Å². The van der Waals surface area contributed by atoms with Crippen LogP contribution in [0.1, 0.15) is 5.56 Å². The third-order valence-electron chi connectivity index (χ3n) is 3.19. The lowest BCUT2D eigenvalue weighted by Crippen LogP contribution is -2.54. The van der Waals surface area contributed by atoms with Crippen LogP contribution in [-0.4, -0.2) is 53.4 Å². The SMILES string of the molecule is Cn1cc(CCN2CCNCC2CN)cn1. The molecule has 1 aliphatic heterocycles. The molecule has 0 aliphatic carbocycles. The van der Waals surface area contributed by atoms with Crippen LogP contribution >= 0.6 is 0 Å². The Balaban J connectivity index is 1.84. The normalized spacial score (nSPS) is 22.5. The van der Waals surface area contributed by atoms with Gasteiger partial charge in [-0.1, -0.05) is 0 Å². The monoisotopic (exact) mass is 223 g/mol. The minimum absolute atomic E-state index is 0.491. The van der Waals surface area contributed by atoms with Gasteiger partial charge in [0.25, 0.3) is 0 Å². The van der Waals surface area contributed by atoms with Gasteiger partial charge in [-0.15, -0.1) is 0 Å². The van der Waals surface area contributed by atoms with Crippen LogP contribution in [0.3, 0.4) is 0 Å². The van der Waals surface area contributed by atoms with Crippen LogP contribution in [0, 0.1) is 0 Å². The summed E-state index contributed by atoms with van der Waals surface area (Å²) < 4.78 is 1.85. The van der Waals surface area contributed by atoms with E-state index in [9.17, 15) is 0 Å². The van der Waals surface area contributed by atoms with Crippen molar-refractivity contribution in [1.82, 2.24) is 20.0 Å². The van der Waals surface area contributed by atoms with Crippen LogP contribution in [0.15, 0.2) is 12.4 Å². The Labute approximate surface area is 96.6 Å². The van der Waals surface area contributed by atoms with Crippen molar-refractivity contribution in [3.63, 3.8) is 0 Å². The third kappa shape index (κ3) is 2.81. The number of nitrogens with two attached hydrogens (primary N) is 1. The van der Waals surface area contributed by atoms with E-state index in [4.69, 9.17) is 5.73 Å². The fraction of sp³-hybridized carbons (Fsp3) is 0.727. The Morgan fingerprint density at radius 2 is 2.50 bits per heavy atom. The zero-order chi connectivity index (χ0) is 11.4. The van der Waals surface area contributed by atoms with Crippen molar-refractivity contribution in [1.29, 1.82) is 0 Å². The van der Waals surface area contributed by atoms with Gasteiger partial charge in [0.15, 0.2) is 0 Å². The first-order chi connectivity index (χ1) is 7.79. The van der Waals surface area contributed by atoms with Gasteiger partial charge in [0, 0.05) is 52.0 Å². The van der Waals surface area contributed by atoms with E-state index in [1.165, 1.54) is 5.56 Å². The molecule has 2 heterocycles. The average molecular weight is 223 g/mol. The largest absolute Gasteiger partial charge is 0.329 e. The smallest absolute Gasteiger partial charge is 0.0522 e. The van der Waals surface area contributed by atoms with Gasteiger partial charge in [0.2, 0.25) is 0 Å². The zero-order valence-electron chi connectivity index (χ0n) is 9.89. The summed E-state index contributed by atoms with van der Waals surface area (Å²) >= 11 is 0. The van der Waals surface area contributed by atoms with Gasteiger partial charge in [0.05, 0.1) is 6.20 Å². The molecule has 3 N–H and O–H groups in total. The van der Waals surface area contributed by atoms with Crippen molar-refractivity contribution in [2.75, 3.05) is 32.7 Å². The molecule has 2 rings (SSSR count). The van der Waals surface area contributed by atoms with Gasteiger partial charge in [-0.25, -0.2) is 0 Å². The predicted molar refractivity (Wildman–Crippen MR) is 64.2 cm³/mol. The van der Waals surface area contributed by atoms with E-state index in [0.717, 1.165) is 39.1 Å². The maximum absolute atomic E-state index is 5.77. The molecule has 0 saturated carbocycles. The van der Waals surface area contributed by atoms with Crippen molar-refractivity contribution in [3.05, 3.63) is 18.0 Å². The molecule has 0 radical (unpaired) electrons. The van der Waals surface area contributed by atoms with Gasteiger partial charge in [-0.2, -0.15) is 5.10 Å². The summed E-state index contributed by atoms with van der Waals surface area (Å²) in [6.07, 6.45) is 5.09. The molecule has 0 aromatic carbocycles. The quantitative estimate of drug-likeness (QED) is 0.701. The summed E-state index contributed by atoms with van der Waals surface area (Å²) in [7, 11) is 1.96. The summed E-state index contributed by atoms with van der Waals surface area (Å²) in [6.45, 7) is 5.00. The highest BCUT2D eigenvalue weighted by atomic mass is 15.2. The molecule has 1 atom stereocenters. The lowest BCUT2D eigenvalue weighted by atomic mass is 10.1. The number of hydrogen-bond donors (Lipinski definition) is 2. The van der Waals surface area contributed by atoms with Crippen LogP contribution < -0.4 is 11.1 Å². The van der Waals surface area contributed by atoms with Gasteiger partial charge in [0.1, 0.15) is 0 Å².